The number of likely N-dealkylation sites (N-methyl/N-ethyl adjacent to an activating group) is 1. The third-order valence-corrected chi connectivity index (χ3v) is 6.71. The van der Waals surface area contributed by atoms with Crippen molar-refractivity contribution >= 4 is 11.8 Å². The molecule has 1 aromatic rings. The number of carbonyl (C=O) groups is 2. The molecule has 1 heterocycles. The molecule has 1 N–H and O–H groups in total. The number of carbonyl (C=O) groups excluding carboxylic acids is 2. The average Bonchev–Trinajstić information content (AvgIpc) is 2.72. The number of amides is 2. The van der Waals surface area contributed by atoms with Crippen molar-refractivity contribution < 1.29 is 9.59 Å². The maximum Gasteiger partial charge on any atom is 0.224 e. The molecule has 154 valence electrons. The SMILES string of the molecule is CN(C)C1(CNC(=O)[C@@H]2CCC(=O)N(CCc3ccccc3)C2)CCCCC1. The van der Waals surface area contributed by atoms with Gasteiger partial charge in [0.2, 0.25) is 11.8 Å². The maximum absolute atomic E-state index is 12.9. The molecular formula is C23H35N3O2. The molecule has 0 radical (unpaired) electrons. The molecule has 1 aromatic carbocycles. The Labute approximate surface area is 169 Å². The summed E-state index contributed by atoms with van der Waals surface area (Å²) in [6.45, 7) is 1.95. The first-order chi connectivity index (χ1) is 13.5. The number of benzene rings is 1. The van der Waals surface area contributed by atoms with E-state index in [1.54, 1.807) is 0 Å². The standard InChI is InChI=1S/C23H35N3O2/c1-25(2)23(14-7-4-8-15-23)18-24-22(28)20-11-12-21(27)26(17-20)16-13-19-9-5-3-6-10-19/h3,5-6,9-10,20H,4,7-8,11-18H2,1-2H3,(H,24,28)/t20-/m1/s1. The van der Waals surface area contributed by atoms with Crippen LogP contribution in [0.3, 0.4) is 0 Å². The van der Waals surface area contributed by atoms with Gasteiger partial charge in [-0.15, -0.1) is 0 Å². The molecule has 2 amide bonds. The van der Waals surface area contributed by atoms with Crippen LogP contribution in [-0.2, 0) is 16.0 Å². The van der Waals surface area contributed by atoms with Gasteiger partial charge in [-0.1, -0.05) is 49.6 Å². The fourth-order valence-electron chi connectivity index (χ4n) is 4.64. The lowest BCUT2D eigenvalue weighted by Gasteiger charge is -2.43. The first-order valence-corrected chi connectivity index (χ1v) is 10.8. The largest absolute Gasteiger partial charge is 0.354 e. The summed E-state index contributed by atoms with van der Waals surface area (Å²) in [5, 5.41) is 3.23. The molecule has 1 aliphatic carbocycles. The molecule has 5 heteroatoms. The Balaban J connectivity index is 1.52. The van der Waals surface area contributed by atoms with Gasteiger partial charge in [0.1, 0.15) is 0 Å². The predicted octanol–water partition coefficient (Wildman–Crippen LogP) is 2.85. The Kier molecular flexibility index (Phi) is 7.11. The molecule has 3 rings (SSSR count). The molecule has 1 saturated heterocycles. The van der Waals surface area contributed by atoms with Gasteiger partial charge < -0.3 is 15.1 Å². The molecule has 0 aromatic heterocycles. The molecule has 0 spiro atoms. The minimum absolute atomic E-state index is 0.0868. The van der Waals surface area contributed by atoms with Gasteiger partial charge in [-0.25, -0.2) is 0 Å². The Morgan fingerprint density at radius 2 is 1.89 bits per heavy atom. The average molecular weight is 386 g/mol. The number of hydrogen-bond donors (Lipinski definition) is 1. The maximum atomic E-state index is 12.9. The van der Waals surface area contributed by atoms with Crippen molar-refractivity contribution in [3.8, 4) is 0 Å². The van der Waals surface area contributed by atoms with Crippen molar-refractivity contribution in [1.82, 2.24) is 15.1 Å². The van der Waals surface area contributed by atoms with E-state index in [4.69, 9.17) is 0 Å². The fraction of sp³-hybridized carbons (Fsp3) is 0.652. The predicted molar refractivity (Wildman–Crippen MR) is 112 cm³/mol. The van der Waals surface area contributed by atoms with E-state index in [-0.39, 0.29) is 23.3 Å². The second-order valence-electron chi connectivity index (χ2n) is 8.71. The third-order valence-electron chi connectivity index (χ3n) is 6.71. The van der Waals surface area contributed by atoms with Crippen LogP contribution in [0.25, 0.3) is 0 Å². The lowest BCUT2D eigenvalue weighted by Crippen LogP contribution is -2.55. The summed E-state index contributed by atoms with van der Waals surface area (Å²) in [6, 6.07) is 10.2. The molecule has 0 bridgehead atoms. The van der Waals surface area contributed by atoms with E-state index >= 15 is 0 Å². The number of nitrogens with zero attached hydrogens (tertiary/aromatic N) is 2. The summed E-state index contributed by atoms with van der Waals surface area (Å²) >= 11 is 0. The van der Waals surface area contributed by atoms with E-state index in [0.29, 0.717) is 32.5 Å². The molecule has 2 fully saturated rings. The zero-order valence-electron chi connectivity index (χ0n) is 17.5. The van der Waals surface area contributed by atoms with E-state index in [9.17, 15) is 9.59 Å². The smallest absolute Gasteiger partial charge is 0.224 e. The topological polar surface area (TPSA) is 52.7 Å². The van der Waals surface area contributed by atoms with Crippen LogP contribution in [0, 0.1) is 5.92 Å². The first kappa shape index (κ1) is 20.8. The van der Waals surface area contributed by atoms with E-state index < -0.39 is 0 Å². The zero-order chi connectivity index (χ0) is 20.0. The molecule has 28 heavy (non-hydrogen) atoms. The fourth-order valence-corrected chi connectivity index (χ4v) is 4.64. The van der Waals surface area contributed by atoms with Crippen LogP contribution in [0.15, 0.2) is 30.3 Å². The van der Waals surface area contributed by atoms with Crippen LogP contribution in [-0.4, -0.2) is 60.9 Å². The lowest BCUT2D eigenvalue weighted by molar-refractivity contribution is -0.138. The van der Waals surface area contributed by atoms with Gasteiger partial charge >= 0.3 is 0 Å². The number of likely N-dealkylation sites (tertiary alicyclic amines) is 1. The Morgan fingerprint density at radius 1 is 1.18 bits per heavy atom. The molecule has 1 atom stereocenters. The summed E-state index contributed by atoms with van der Waals surface area (Å²) in [5.41, 5.74) is 1.32. The monoisotopic (exact) mass is 385 g/mol. The normalized spacial score (nSPS) is 22.3. The summed E-state index contributed by atoms with van der Waals surface area (Å²) in [4.78, 5) is 29.4. The molecule has 0 unspecified atom stereocenters. The van der Waals surface area contributed by atoms with E-state index in [0.717, 1.165) is 19.3 Å². The number of nitrogens with one attached hydrogen (secondary N) is 1. The molecule has 5 nitrogen and oxygen atoms in total. The highest BCUT2D eigenvalue weighted by atomic mass is 16.2. The highest BCUT2D eigenvalue weighted by Crippen LogP contribution is 2.31. The second kappa shape index (κ2) is 9.55. The van der Waals surface area contributed by atoms with Gasteiger partial charge in [0.15, 0.2) is 0 Å². The van der Waals surface area contributed by atoms with Crippen LogP contribution >= 0.6 is 0 Å². The highest BCUT2D eigenvalue weighted by molar-refractivity contribution is 5.83. The first-order valence-electron chi connectivity index (χ1n) is 10.8. The van der Waals surface area contributed by atoms with E-state index in [2.05, 4.69) is 36.4 Å². The zero-order valence-corrected chi connectivity index (χ0v) is 17.5. The van der Waals surface area contributed by atoms with Crippen LogP contribution in [0.2, 0.25) is 0 Å². The molecule has 2 aliphatic rings. The summed E-state index contributed by atoms with van der Waals surface area (Å²) < 4.78 is 0. The van der Waals surface area contributed by atoms with Gasteiger partial charge in [0.05, 0.1) is 5.92 Å². The van der Waals surface area contributed by atoms with Gasteiger partial charge in [0, 0.05) is 31.6 Å². The van der Waals surface area contributed by atoms with Crippen LogP contribution < -0.4 is 5.32 Å². The Bertz CT molecular complexity index is 653. The van der Waals surface area contributed by atoms with Gasteiger partial charge in [-0.3, -0.25) is 9.59 Å². The second-order valence-corrected chi connectivity index (χ2v) is 8.71. The Hall–Kier alpha value is -1.88. The summed E-state index contributed by atoms with van der Waals surface area (Å²) in [6.07, 6.45) is 8.04. The Morgan fingerprint density at radius 3 is 2.57 bits per heavy atom. The summed E-state index contributed by atoms with van der Waals surface area (Å²) in [7, 11) is 4.25. The van der Waals surface area contributed by atoms with Crippen molar-refractivity contribution in [2.24, 2.45) is 5.92 Å². The van der Waals surface area contributed by atoms with Crippen LogP contribution in [0.1, 0.15) is 50.5 Å². The van der Waals surface area contributed by atoms with Gasteiger partial charge in [-0.2, -0.15) is 0 Å². The van der Waals surface area contributed by atoms with Crippen LogP contribution in [0.4, 0.5) is 0 Å². The summed E-state index contributed by atoms with van der Waals surface area (Å²) in [5.74, 6) is 0.206. The highest BCUT2D eigenvalue weighted by Gasteiger charge is 2.36. The third kappa shape index (κ3) is 5.13. The molecule has 1 aliphatic heterocycles. The number of rotatable bonds is 7. The molecule has 1 saturated carbocycles. The van der Waals surface area contributed by atoms with Crippen LogP contribution in [0.5, 0.6) is 0 Å². The number of hydrogen-bond acceptors (Lipinski definition) is 3. The molecular weight excluding hydrogens is 350 g/mol. The lowest BCUT2D eigenvalue weighted by atomic mass is 9.80. The van der Waals surface area contributed by atoms with Crippen molar-refractivity contribution in [3.63, 3.8) is 0 Å². The number of piperidine rings is 1. The quantitative estimate of drug-likeness (QED) is 0.785. The minimum atomic E-state index is -0.0868. The van der Waals surface area contributed by atoms with Crippen molar-refractivity contribution in [1.29, 1.82) is 0 Å². The van der Waals surface area contributed by atoms with Crippen molar-refractivity contribution in [2.75, 3.05) is 33.7 Å². The van der Waals surface area contributed by atoms with E-state index in [1.807, 2.05) is 23.1 Å². The van der Waals surface area contributed by atoms with Crippen molar-refractivity contribution in [3.05, 3.63) is 35.9 Å². The van der Waals surface area contributed by atoms with Crippen molar-refractivity contribution in [2.45, 2.75) is 56.9 Å². The van der Waals surface area contributed by atoms with Gasteiger partial charge in [-0.05, 0) is 45.3 Å². The van der Waals surface area contributed by atoms with E-state index in [1.165, 1.54) is 24.8 Å². The minimum Gasteiger partial charge on any atom is -0.354 e. The van der Waals surface area contributed by atoms with Gasteiger partial charge in [0.25, 0.3) is 0 Å².